The minimum atomic E-state index is 0.353. The summed E-state index contributed by atoms with van der Waals surface area (Å²) in [6, 6.07) is 17.4. The number of para-hydroxylation sites is 1. The largest absolute Gasteiger partial charge is 0.457 e. The van der Waals surface area contributed by atoms with Crippen LogP contribution in [0.2, 0.25) is 5.02 Å². The van der Waals surface area contributed by atoms with Crippen molar-refractivity contribution in [3.05, 3.63) is 65.2 Å². The van der Waals surface area contributed by atoms with Gasteiger partial charge in [-0.05, 0) is 40.3 Å². The van der Waals surface area contributed by atoms with Crippen molar-refractivity contribution in [2.24, 2.45) is 0 Å². The van der Waals surface area contributed by atoms with Crippen molar-refractivity contribution in [1.29, 1.82) is 0 Å². The van der Waals surface area contributed by atoms with Crippen molar-refractivity contribution in [3.8, 4) is 11.7 Å². The average molecular weight is 287 g/mol. The molecule has 0 N–H and O–H groups in total. The summed E-state index contributed by atoms with van der Waals surface area (Å²) in [7, 11) is 0. The van der Waals surface area contributed by atoms with Crippen LogP contribution in [0.25, 0.3) is 5.69 Å². The first-order chi connectivity index (χ1) is 9.83. The molecule has 0 fully saturated rings. The van der Waals surface area contributed by atoms with Gasteiger partial charge in [-0.15, -0.1) is 0 Å². The van der Waals surface area contributed by atoms with E-state index in [9.17, 15) is 0 Å². The third-order valence-electron chi connectivity index (χ3n) is 2.72. The number of benzene rings is 2. The van der Waals surface area contributed by atoms with Crippen molar-refractivity contribution < 1.29 is 4.74 Å². The summed E-state index contributed by atoms with van der Waals surface area (Å²) in [4.78, 5) is 0. The van der Waals surface area contributed by atoms with Gasteiger partial charge >= 0.3 is 6.01 Å². The van der Waals surface area contributed by atoms with Crippen molar-refractivity contribution in [3.63, 3.8) is 0 Å². The fourth-order valence-corrected chi connectivity index (χ4v) is 1.85. The number of hydrogen-bond acceptors (Lipinski definition) is 4. The van der Waals surface area contributed by atoms with Gasteiger partial charge < -0.3 is 4.74 Å². The van der Waals surface area contributed by atoms with Crippen LogP contribution in [-0.2, 0) is 6.61 Å². The van der Waals surface area contributed by atoms with E-state index >= 15 is 0 Å². The Hall–Kier alpha value is -2.40. The second-order valence-corrected chi connectivity index (χ2v) is 4.56. The molecule has 6 heteroatoms. The van der Waals surface area contributed by atoms with Crippen molar-refractivity contribution >= 4 is 11.6 Å². The lowest BCUT2D eigenvalue weighted by Gasteiger charge is -2.06. The zero-order valence-corrected chi connectivity index (χ0v) is 11.2. The summed E-state index contributed by atoms with van der Waals surface area (Å²) in [6.07, 6.45) is 0. The molecule has 0 aliphatic carbocycles. The number of nitrogens with zero attached hydrogens (tertiary/aromatic N) is 4. The number of aromatic nitrogens is 4. The SMILES string of the molecule is Clc1ccc(COc2nnnn2-c2ccccc2)cc1. The van der Waals surface area contributed by atoms with Gasteiger partial charge in [0.2, 0.25) is 0 Å². The number of rotatable bonds is 4. The van der Waals surface area contributed by atoms with E-state index in [2.05, 4.69) is 15.5 Å². The standard InChI is InChI=1S/C14H11ClN4O/c15-12-8-6-11(7-9-12)10-20-14-16-17-18-19(14)13-4-2-1-3-5-13/h1-9H,10H2. The monoisotopic (exact) mass is 286 g/mol. The molecular formula is C14H11ClN4O. The summed E-state index contributed by atoms with van der Waals surface area (Å²) >= 11 is 5.84. The number of hydrogen-bond donors (Lipinski definition) is 0. The van der Waals surface area contributed by atoms with Gasteiger partial charge in [-0.25, -0.2) is 0 Å². The van der Waals surface area contributed by atoms with E-state index in [-0.39, 0.29) is 0 Å². The molecule has 0 unspecified atom stereocenters. The van der Waals surface area contributed by atoms with Crippen LogP contribution in [0, 0.1) is 0 Å². The maximum atomic E-state index is 5.84. The highest BCUT2D eigenvalue weighted by Gasteiger charge is 2.09. The Morgan fingerprint density at radius 1 is 1.00 bits per heavy atom. The highest BCUT2D eigenvalue weighted by atomic mass is 35.5. The molecule has 1 heterocycles. The normalized spacial score (nSPS) is 10.4. The van der Waals surface area contributed by atoms with Crippen LogP contribution < -0.4 is 4.74 Å². The highest BCUT2D eigenvalue weighted by molar-refractivity contribution is 6.30. The number of halogens is 1. The predicted octanol–water partition coefficient (Wildman–Crippen LogP) is 2.89. The van der Waals surface area contributed by atoms with Gasteiger partial charge in [-0.2, -0.15) is 4.68 Å². The smallest absolute Gasteiger partial charge is 0.340 e. The number of tetrazole rings is 1. The summed E-state index contributed by atoms with van der Waals surface area (Å²) in [6.45, 7) is 0.379. The lowest BCUT2D eigenvalue weighted by atomic mass is 10.2. The fourth-order valence-electron chi connectivity index (χ4n) is 1.73. The van der Waals surface area contributed by atoms with Gasteiger partial charge in [0.25, 0.3) is 0 Å². The van der Waals surface area contributed by atoms with Gasteiger partial charge in [-0.1, -0.05) is 47.0 Å². The van der Waals surface area contributed by atoms with Crippen LogP contribution in [-0.4, -0.2) is 20.2 Å². The van der Waals surface area contributed by atoms with Crippen molar-refractivity contribution in [2.45, 2.75) is 6.61 Å². The summed E-state index contributed by atoms with van der Waals surface area (Å²) in [5.74, 6) is 0. The van der Waals surface area contributed by atoms with E-state index in [1.165, 1.54) is 0 Å². The zero-order chi connectivity index (χ0) is 13.8. The summed E-state index contributed by atoms with van der Waals surface area (Å²) < 4.78 is 7.19. The fraction of sp³-hybridized carbons (Fsp3) is 0.0714. The number of ether oxygens (including phenoxy) is 1. The van der Waals surface area contributed by atoms with Gasteiger partial charge in [0.1, 0.15) is 6.61 Å². The third-order valence-corrected chi connectivity index (χ3v) is 2.97. The van der Waals surface area contributed by atoms with Gasteiger partial charge in [-0.3, -0.25) is 0 Å². The molecule has 3 aromatic rings. The first kappa shape index (κ1) is 12.6. The molecule has 0 aliphatic rings. The molecule has 0 spiro atoms. The van der Waals surface area contributed by atoms with E-state index in [0.29, 0.717) is 17.6 Å². The quantitative estimate of drug-likeness (QED) is 0.740. The molecule has 0 saturated carbocycles. The van der Waals surface area contributed by atoms with Gasteiger partial charge in [0.05, 0.1) is 5.69 Å². The van der Waals surface area contributed by atoms with Crippen LogP contribution in [0.1, 0.15) is 5.56 Å². The van der Waals surface area contributed by atoms with E-state index in [1.807, 2.05) is 54.6 Å². The molecule has 3 rings (SSSR count). The maximum Gasteiger partial charge on any atom is 0.340 e. The predicted molar refractivity (Wildman–Crippen MR) is 74.9 cm³/mol. The lowest BCUT2D eigenvalue weighted by Crippen LogP contribution is -2.03. The molecule has 0 bridgehead atoms. The Morgan fingerprint density at radius 2 is 1.75 bits per heavy atom. The molecular weight excluding hydrogens is 276 g/mol. The molecule has 0 aliphatic heterocycles. The second-order valence-electron chi connectivity index (χ2n) is 4.12. The van der Waals surface area contributed by atoms with Crippen LogP contribution >= 0.6 is 11.6 Å². The molecule has 0 atom stereocenters. The molecule has 1 aromatic heterocycles. The summed E-state index contributed by atoms with van der Waals surface area (Å²) in [5.41, 5.74) is 1.85. The molecule has 2 aromatic carbocycles. The van der Waals surface area contributed by atoms with Crippen molar-refractivity contribution in [1.82, 2.24) is 20.2 Å². The van der Waals surface area contributed by atoms with Crippen LogP contribution in [0.3, 0.4) is 0 Å². The Kier molecular flexibility index (Phi) is 3.60. The first-order valence-electron chi connectivity index (χ1n) is 6.04. The highest BCUT2D eigenvalue weighted by Crippen LogP contribution is 2.15. The molecule has 0 saturated heterocycles. The molecule has 20 heavy (non-hydrogen) atoms. The Bertz CT molecular complexity index is 682. The molecule has 5 nitrogen and oxygen atoms in total. The van der Waals surface area contributed by atoms with Crippen LogP contribution in [0.15, 0.2) is 54.6 Å². The second kappa shape index (κ2) is 5.71. The van der Waals surface area contributed by atoms with Crippen LogP contribution in [0.4, 0.5) is 0 Å². The topological polar surface area (TPSA) is 52.8 Å². The van der Waals surface area contributed by atoms with E-state index in [0.717, 1.165) is 11.3 Å². The molecule has 0 amide bonds. The Morgan fingerprint density at radius 3 is 2.50 bits per heavy atom. The average Bonchev–Trinajstić information content (AvgIpc) is 2.96. The summed E-state index contributed by atoms with van der Waals surface area (Å²) in [5, 5.41) is 12.1. The minimum absolute atomic E-state index is 0.353. The van der Waals surface area contributed by atoms with Gasteiger partial charge in [0.15, 0.2) is 0 Å². The van der Waals surface area contributed by atoms with Gasteiger partial charge in [0, 0.05) is 5.02 Å². The zero-order valence-electron chi connectivity index (χ0n) is 10.5. The first-order valence-corrected chi connectivity index (χ1v) is 6.42. The third kappa shape index (κ3) is 2.78. The molecule has 0 radical (unpaired) electrons. The lowest BCUT2D eigenvalue weighted by molar-refractivity contribution is 0.273. The van der Waals surface area contributed by atoms with E-state index in [1.54, 1.807) is 4.68 Å². The maximum absolute atomic E-state index is 5.84. The minimum Gasteiger partial charge on any atom is -0.457 e. The van der Waals surface area contributed by atoms with E-state index < -0.39 is 0 Å². The van der Waals surface area contributed by atoms with E-state index in [4.69, 9.17) is 16.3 Å². The Labute approximate surface area is 120 Å². The van der Waals surface area contributed by atoms with Crippen LogP contribution in [0.5, 0.6) is 6.01 Å². The van der Waals surface area contributed by atoms with Crippen molar-refractivity contribution in [2.75, 3.05) is 0 Å². The Balaban J connectivity index is 1.76. The molecule has 100 valence electrons.